The zero-order chi connectivity index (χ0) is 46.3. The van der Waals surface area contributed by atoms with Crippen molar-refractivity contribution in [3.8, 4) is 89.7 Å². The summed E-state index contributed by atoms with van der Waals surface area (Å²) in [6, 6.07) is 74.6. The molecule has 0 fully saturated rings. The van der Waals surface area contributed by atoms with E-state index in [1.165, 1.54) is 49.9 Å². The van der Waals surface area contributed by atoms with Gasteiger partial charge < -0.3 is 0 Å². The molecule has 0 bridgehead atoms. The molecule has 0 atom stereocenters. The maximum Gasteiger partial charge on any atom is 0.160 e. The summed E-state index contributed by atoms with van der Waals surface area (Å²) in [6.45, 7) is 2.14. The highest BCUT2D eigenvalue weighted by Crippen LogP contribution is 2.63. The second-order valence-corrected chi connectivity index (χ2v) is 18.4. The molecular weight excluding hydrogens is 851 g/mol. The van der Waals surface area contributed by atoms with Crippen molar-refractivity contribution in [2.24, 2.45) is 0 Å². The minimum Gasteiger partial charge on any atom is -0.265 e. The lowest BCUT2D eigenvalue weighted by atomic mass is 9.70. The molecule has 0 saturated heterocycles. The van der Waals surface area contributed by atoms with E-state index in [9.17, 15) is 0 Å². The van der Waals surface area contributed by atoms with Crippen LogP contribution in [0.5, 0.6) is 0 Å². The van der Waals surface area contributed by atoms with Gasteiger partial charge in [-0.05, 0) is 122 Å². The van der Waals surface area contributed by atoms with Crippen LogP contribution in [-0.4, -0.2) is 24.9 Å². The van der Waals surface area contributed by atoms with Gasteiger partial charge in [-0.1, -0.05) is 164 Å². The van der Waals surface area contributed by atoms with Crippen LogP contribution in [0.25, 0.3) is 111 Å². The molecule has 5 heteroatoms. The molecule has 70 heavy (non-hydrogen) atoms. The fourth-order valence-corrected chi connectivity index (χ4v) is 11.5. The van der Waals surface area contributed by atoms with Gasteiger partial charge >= 0.3 is 0 Å². The molecule has 14 rings (SSSR count). The Morgan fingerprint density at radius 3 is 1.24 bits per heavy atom. The summed E-state index contributed by atoms with van der Waals surface area (Å²) < 4.78 is 0. The van der Waals surface area contributed by atoms with Crippen LogP contribution in [0.1, 0.15) is 27.8 Å². The van der Waals surface area contributed by atoms with Gasteiger partial charge in [0, 0.05) is 63.4 Å². The van der Waals surface area contributed by atoms with Crippen molar-refractivity contribution < 1.29 is 0 Å². The molecule has 4 heterocycles. The minimum absolute atomic E-state index is 0.435. The van der Waals surface area contributed by atoms with E-state index in [0.717, 1.165) is 83.4 Å². The first-order valence-electron chi connectivity index (χ1n) is 23.8. The molecule has 0 unspecified atom stereocenters. The number of fused-ring (bicyclic) bond motifs is 13. The number of rotatable bonds is 6. The molecule has 0 N–H and O–H groups in total. The van der Waals surface area contributed by atoms with Crippen molar-refractivity contribution in [3.05, 3.63) is 259 Å². The summed E-state index contributed by atoms with van der Waals surface area (Å²) in [6.07, 6.45) is 7.30. The number of aromatic nitrogens is 5. The Morgan fingerprint density at radius 1 is 0.300 bits per heavy atom. The van der Waals surface area contributed by atoms with Crippen molar-refractivity contribution in [2.75, 3.05) is 0 Å². The topological polar surface area (TPSA) is 64.5 Å². The molecule has 8 aromatic carbocycles. The molecule has 0 amide bonds. The third kappa shape index (κ3) is 6.01. The van der Waals surface area contributed by atoms with Gasteiger partial charge in [-0.15, -0.1) is 0 Å². The number of nitrogens with zero attached hydrogens (tertiary/aromatic N) is 5. The largest absolute Gasteiger partial charge is 0.265 e. The predicted molar refractivity (Wildman–Crippen MR) is 284 cm³/mol. The van der Waals surface area contributed by atoms with E-state index in [1.807, 2.05) is 49.1 Å². The van der Waals surface area contributed by atoms with Crippen molar-refractivity contribution in [1.82, 2.24) is 24.9 Å². The van der Waals surface area contributed by atoms with Crippen molar-refractivity contribution >= 4 is 21.7 Å². The zero-order valence-electron chi connectivity index (χ0n) is 38.2. The van der Waals surface area contributed by atoms with E-state index in [0.29, 0.717) is 5.82 Å². The van der Waals surface area contributed by atoms with Crippen LogP contribution in [-0.2, 0) is 5.41 Å². The number of pyridine rings is 3. The van der Waals surface area contributed by atoms with Gasteiger partial charge in [0.15, 0.2) is 5.82 Å². The average molecular weight is 892 g/mol. The smallest absolute Gasteiger partial charge is 0.160 e. The molecule has 0 radical (unpaired) electrons. The van der Waals surface area contributed by atoms with Crippen molar-refractivity contribution in [1.29, 1.82) is 0 Å². The van der Waals surface area contributed by atoms with Crippen molar-refractivity contribution in [2.45, 2.75) is 12.3 Å². The third-order valence-corrected chi connectivity index (χ3v) is 14.7. The van der Waals surface area contributed by atoms with E-state index >= 15 is 0 Å². The van der Waals surface area contributed by atoms with Gasteiger partial charge in [0.1, 0.15) is 0 Å². The van der Waals surface area contributed by atoms with Crippen LogP contribution in [0.4, 0.5) is 0 Å². The zero-order valence-corrected chi connectivity index (χ0v) is 38.2. The molecule has 12 aromatic rings. The Balaban J connectivity index is 0.923. The quantitative estimate of drug-likeness (QED) is 0.156. The Labute approximate surface area is 405 Å². The van der Waals surface area contributed by atoms with Gasteiger partial charge in [-0.2, -0.15) is 0 Å². The van der Waals surface area contributed by atoms with E-state index < -0.39 is 5.41 Å². The fraction of sp³-hybridized carbons (Fsp3) is 0.0308. The minimum atomic E-state index is -0.435. The normalized spacial score (nSPS) is 12.8. The van der Waals surface area contributed by atoms with Crippen LogP contribution in [0.2, 0.25) is 0 Å². The standard InChI is InChI=1S/C65H41N5/c1-40-61(45-22-18-41(19-23-45)43-30-34-66-35-31-43)69-64(48-28-20-42(21-29-48)44-32-36-67-37-33-44)70-62(40)46-24-26-47(27-25-46)63-55-38-54-51-12-4-8-16-58(51)65(59(54)39-53(55)52-13-5-9-17-60(52)68-63)56-14-6-2-10-49(56)50-11-3-7-15-57(50)65/h2-39H,1H3. The lowest BCUT2D eigenvalue weighted by Gasteiger charge is -2.30. The van der Waals surface area contributed by atoms with Crippen LogP contribution in [0, 0.1) is 6.92 Å². The summed E-state index contributed by atoms with van der Waals surface area (Å²) in [7, 11) is 0. The molecule has 326 valence electrons. The first-order valence-corrected chi connectivity index (χ1v) is 23.8. The lowest BCUT2D eigenvalue weighted by Crippen LogP contribution is -2.25. The van der Waals surface area contributed by atoms with Crippen LogP contribution in [0.15, 0.2) is 231 Å². The van der Waals surface area contributed by atoms with Gasteiger partial charge in [-0.3, -0.25) is 9.97 Å². The second kappa shape index (κ2) is 15.7. The molecule has 0 aliphatic heterocycles. The number of hydrogen-bond acceptors (Lipinski definition) is 5. The second-order valence-electron chi connectivity index (χ2n) is 18.4. The van der Waals surface area contributed by atoms with Crippen LogP contribution in [0.3, 0.4) is 0 Å². The predicted octanol–water partition coefficient (Wildman–Crippen LogP) is 15.6. The Bertz CT molecular complexity index is 3990. The van der Waals surface area contributed by atoms with E-state index in [2.05, 4.69) is 199 Å². The van der Waals surface area contributed by atoms with Gasteiger partial charge in [0.2, 0.25) is 0 Å². The number of hydrogen-bond donors (Lipinski definition) is 0. The van der Waals surface area contributed by atoms with Crippen LogP contribution < -0.4 is 0 Å². The monoisotopic (exact) mass is 891 g/mol. The summed E-state index contributed by atoms with van der Waals surface area (Å²) in [5.41, 5.74) is 23.2. The molecule has 5 nitrogen and oxygen atoms in total. The van der Waals surface area contributed by atoms with Crippen molar-refractivity contribution in [3.63, 3.8) is 0 Å². The maximum atomic E-state index is 5.47. The molecule has 2 aliphatic rings. The summed E-state index contributed by atoms with van der Waals surface area (Å²) in [5, 5.41) is 3.47. The Kier molecular flexibility index (Phi) is 8.95. The Morgan fingerprint density at radius 2 is 0.714 bits per heavy atom. The Hall–Kier alpha value is -9.19. The maximum absolute atomic E-state index is 5.47. The molecule has 1 spiro atoms. The summed E-state index contributed by atoms with van der Waals surface area (Å²) in [4.78, 5) is 24.5. The first kappa shape index (κ1) is 39.9. The van der Waals surface area contributed by atoms with E-state index in [4.69, 9.17) is 15.0 Å². The molecule has 0 saturated carbocycles. The number of benzene rings is 8. The van der Waals surface area contributed by atoms with E-state index in [1.54, 1.807) is 0 Å². The van der Waals surface area contributed by atoms with Gasteiger partial charge in [0.05, 0.1) is 28.0 Å². The molecule has 4 aromatic heterocycles. The number of para-hydroxylation sites is 1. The molecule has 2 aliphatic carbocycles. The highest BCUT2D eigenvalue weighted by Gasteiger charge is 2.51. The highest BCUT2D eigenvalue weighted by atomic mass is 14.9. The first-order chi connectivity index (χ1) is 34.6. The van der Waals surface area contributed by atoms with Gasteiger partial charge in [-0.25, -0.2) is 15.0 Å². The van der Waals surface area contributed by atoms with Crippen LogP contribution >= 0.6 is 0 Å². The lowest BCUT2D eigenvalue weighted by molar-refractivity contribution is 0.795. The fourth-order valence-electron chi connectivity index (χ4n) is 11.5. The SMILES string of the molecule is Cc1c(-c2ccc(-c3ccncc3)cc2)nc(-c2ccc(-c3ccncc3)cc2)nc1-c1ccc(-c2nc3ccccc3c3cc4c(cc23)-c2ccccc2C42c3ccccc3-c3ccccc32)cc1. The van der Waals surface area contributed by atoms with Gasteiger partial charge in [0.25, 0.3) is 0 Å². The molecular formula is C65H41N5. The average Bonchev–Trinajstić information content (AvgIpc) is 3.90. The summed E-state index contributed by atoms with van der Waals surface area (Å²) >= 11 is 0. The highest BCUT2D eigenvalue weighted by molar-refractivity contribution is 6.14. The summed E-state index contributed by atoms with van der Waals surface area (Å²) in [5.74, 6) is 0.667. The third-order valence-electron chi connectivity index (χ3n) is 14.7. The van der Waals surface area contributed by atoms with E-state index in [-0.39, 0.29) is 0 Å².